The Balaban J connectivity index is 1.56. The Morgan fingerprint density at radius 2 is 1.55 bits per heavy atom. The molecule has 31 heavy (non-hydrogen) atoms. The van der Waals surface area contributed by atoms with Gasteiger partial charge in [-0.2, -0.15) is 5.10 Å². The van der Waals surface area contributed by atoms with Gasteiger partial charge in [-0.15, -0.1) is 0 Å². The van der Waals surface area contributed by atoms with E-state index in [0.717, 1.165) is 22.2 Å². The van der Waals surface area contributed by atoms with Crippen molar-refractivity contribution in [3.8, 4) is 11.1 Å². The van der Waals surface area contributed by atoms with Crippen molar-refractivity contribution in [2.24, 2.45) is 0 Å². The van der Waals surface area contributed by atoms with Crippen molar-refractivity contribution in [2.45, 2.75) is 27.3 Å². The van der Waals surface area contributed by atoms with E-state index in [2.05, 4.69) is 51.9 Å². The van der Waals surface area contributed by atoms with Crippen LogP contribution in [0.25, 0.3) is 22.2 Å². The highest BCUT2D eigenvalue weighted by molar-refractivity contribution is 5.96. The molecular weight excluding hydrogens is 390 g/mol. The van der Waals surface area contributed by atoms with Gasteiger partial charge in [0, 0.05) is 29.9 Å². The quantitative estimate of drug-likeness (QED) is 0.510. The second-order valence-electron chi connectivity index (χ2n) is 7.47. The van der Waals surface area contributed by atoms with Crippen LogP contribution >= 0.6 is 0 Å². The van der Waals surface area contributed by atoms with Crippen LogP contribution in [0.2, 0.25) is 0 Å². The molecule has 2 aromatic carbocycles. The van der Waals surface area contributed by atoms with Gasteiger partial charge in [0.1, 0.15) is 6.54 Å². The molecule has 0 fully saturated rings. The van der Waals surface area contributed by atoms with Gasteiger partial charge >= 0.3 is 0 Å². The zero-order valence-electron chi connectivity index (χ0n) is 17.6. The van der Waals surface area contributed by atoms with Crippen LogP contribution in [0.5, 0.6) is 0 Å². The van der Waals surface area contributed by atoms with Crippen molar-refractivity contribution >= 4 is 34.2 Å². The van der Waals surface area contributed by atoms with Crippen molar-refractivity contribution in [3.05, 3.63) is 72.1 Å². The number of rotatable bonds is 5. The van der Waals surface area contributed by atoms with Crippen LogP contribution < -0.4 is 10.6 Å². The predicted octanol–water partition coefficient (Wildman–Crippen LogP) is 4.31. The Kier molecular flexibility index (Phi) is 5.49. The molecule has 2 amide bonds. The molecule has 4 rings (SSSR count). The van der Waals surface area contributed by atoms with E-state index in [1.54, 1.807) is 35.1 Å². The van der Waals surface area contributed by atoms with Crippen molar-refractivity contribution in [1.82, 2.24) is 14.8 Å². The number of nitrogens with zero attached hydrogens (tertiary/aromatic N) is 3. The van der Waals surface area contributed by atoms with Gasteiger partial charge in [-0.3, -0.25) is 9.59 Å². The number of aromatic nitrogens is 3. The minimum absolute atomic E-state index is 0.0438. The van der Waals surface area contributed by atoms with Crippen LogP contribution in [0.1, 0.15) is 18.2 Å². The molecule has 0 aliphatic rings. The second kappa shape index (κ2) is 8.39. The lowest BCUT2D eigenvalue weighted by molar-refractivity contribution is -0.117. The number of hydrogen-bond donors (Lipinski definition) is 2. The first kappa shape index (κ1) is 20.3. The smallest absolute Gasteiger partial charge is 0.246 e. The first-order valence-electron chi connectivity index (χ1n) is 9.97. The molecule has 2 aromatic heterocycles. The molecule has 0 radical (unpaired) electrons. The molecule has 0 aliphatic carbocycles. The van der Waals surface area contributed by atoms with E-state index >= 15 is 0 Å². The van der Waals surface area contributed by atoms with Gasteiger partial charge in [-0.05, 0) is 55.3 Å². The molecule has 156 valence electrons. The van der Waals surface area contributed by atoms with Gasteiger partial charge in [0.05, 0.1) is 5.69 Å². The van der Waals surface area contributed by atoms with Gasteiger partial charge in [-0.1, -0.05) is 29.8 Å². The number of carbonyl (C=O) groups excluding carboxylic acids is 2. The number of nitrogens with one attached hydrogen (secondary N) is 2. The first-order valence-corrected chi connectivity index (χ1v) is 9.97. The summed E-state index contributed by atoms with van der Waals surface area (Å²) in [5.41, 5.74) is 6.14. The molecule has 0 unspecified atom stereocenters. The lowest BCUT2D eigenvalue weighted by Gasteiger charge is -2.08. The third kappa shape index (κ3) is 4.45. The molecule has 0 aliphatic heterocycles. The SMILES string of the molecule is CC(=O)Nc1ccc(NC(=O)Cn2nc(C)c3c(-c4ccc(C)cc4)ccnc32)cc1. The molecular formula is C24H23N5O2. The Labute approximate surface area is 180 Å². The number of aryl methyl sites for hydroxylation is 2. The lowest BCUT2D eigenvalue weighted by atomic mass is 10.0. The van der Waals surface area contributed by atoms with Crippen molar-refractivity contribution in [1.29, 1.82) is 0 Å². The first-order chi connectivity index (χ1) is 14.9. The van der Waals surface area contributed by atoms with Crippen LogP contribution in [0, 0.1) is 13.8 Å². The Hall–Kier alpha value is -4.00. The average Bonchev–Trinajstić information content (AvgIpc) is 3.05. The van der Waals surface area contributed by atoms with E-state index in [1.165, 1.54) is 12.5 Å². The van der Waals surface area contributed by atoms with Crippen LogP contribution in [0.3, 0.4) is 0 Å². The van der Waals surface area contributed by atoms with E-state index in [9.17, 15) is 9.59 Å². The summed E-state index contributed by atoms with van der Waals surface area (Å²) in [6, 6.07) is 17.2. The summed E-state index contributed by atoms with van der Waals surface area (Å²) in [4.78, 5) is 28.2. The third-order valence-corrected chi connectivity index (χ3v) is 4.95. The monoisotopic (exact) mass is 413 g/mol. The summed E-state index contributed by atoms with van der Waals surface area (Å²) in [7, 11) is 0. The van der Waals surface area contributed by atoms with Crippen LogP contribution in [0.4, 0.5) is 11.4 Å². The summed E-state index contributed by atoms with van der Waals surface area (Å²) < 4.78 is 1.63. The number of benzene rings is 2. The molecule has 7 heteroatoms. The molecule has 0 saturated heterocycles. The maximum Gasteiger partial charge on any atom is 0.246 e. The lowest BCUT2D eigenvalue weighted by Crippen LogP contribution is -2.19. The molecule has 0 spiro atoms. The average molecular weight is 413 g/mol. The van der Waals surface area contributed by atoms with E-state index in [0.29, 0.717) is 17.0 Å². The van der Waals surface area contributed by atoms with Crippen molar-refractivity contribution in [3.63, 3.8) is 0 Å². The summed E-state index contributed by atoms with van der Waals surface area (Å²) in [6.45, 7) is 5.48. The molecule has 0 bridgehead atoms. The van der Waals surface area contributed by atoms with Crippen molar-refractivity contribution in [2.75, 3.05) is 10.6 Å². The minimum Gasteiger partial charge on any atom is -0.326 e. The third-order valence-electron chi connectivity index (χ3n) is 4.95. The van der Waals surface area contributed by atoms with Gasteiger partial charge in [0.25, 0.3) is 0 Å². The topological polar surface area (TPSA) is 88.9 Å². The summed E-state index contributed by atoms with van der Waals surface area (Å²) in [5, 5.41) is 11.1. The number of hydrogen-bond acceptors (Lipinski definition) is 4. The number of amides is 2. The minimum atomic E-state index is -0.209. The van der Waals surface area contributed by atoms with Gasteiger partial charge in [0.2, 0.25) is 11.8 Å². The van der Waals surface area contributed by atoms with E-state index in [-0.39, 0.29) is 18.4 Å². The summed E-state index contributed by atoms with van der Waals surface area (Å²) >= 11 is 0. The molecule has 2 heterocycles. The highest BCUT2D eigenvalue weighted by atomic mass is 16.2. The maximum atomic E-state index is 12.6. The molecule has 0 atom stereocenters. The van der Waals surface area contributed by atoms with Crippen LogP contribution in [0.15, 0.2) is 60.8 Å². The van der Waals surface area contributed by atoms with Crippen LogP contribution in [-0.2, 0) is 16.1 Å². The van der Waals surface area contributed by atoms with Crippen LogP contribution in [-0.4, -0.2) is 26.6 Å². The van der Waals surface area contributed by atoms with E-state index in [4.69, 9.17) is 0 Å². The normalized spacial score (nSPS) is 10.8. The number of anilines is 2. The number of fused-ring (bicyclic) bond motifs is 1. The maximum absolute atomic E-state index is 12.6. The zero-order chi connectivity index (χ0) is 22.0. The van der Waals surface area contributed by atoms with Gasteiger partial charge in [0.15, 0.2) is 5.65 Å². The predicted molar refractivity (Wildman–Crippen MR) is 122 cm³/mol. The fourth-order valence-electron chi connectivity index (χ4n) is 3.54. The molecule has 0 saturated carbocycles. The zero-order valence-corrected chi connectivity index (χ0v) is 17.6. The van der Waals surface area contributed by atoms with Gasteiger partial charge in [-0.25, -0.2) is 9.67 Å². The largest absolute Gasteiger partial charge is 0.326 e. The second-order valence-corrected chi connectivity index (χ2v) is 7.47. The Bertz CT molecular complexity index is 1260. The molecule has 2 N–H and O–H groups in total. The Morgan fingerprint density at radius 3 is 2.19 bits per heavy atom. The number of pyridine rings is 1. The molecule has 7 nitrogen and oxygen atoms in total. The standard InChI is InChI=1S/C24H23N5O2/c1-15-4-6-18(7-5-15)21-12-13-25-24-23(21)16(2)28-29(24)14-22(31)27-20-10-8-19(9-11-20)26-17(3)30/h4-13H,14H2,1-3H3,(H,26,30)(H,27,31). The fraction of sp³-hybridized carbons (Fsp3) is 0.167. The summed E-state index contributed by atoms with van der Waals surface area (Å²) in [5.74, 6) is -0.352. The molecule has 4 aromatic rings. The highest BCUT2D eigenvalue weighted by Crippen LogP contribution is 2.30. The van der Waals surface area contributed by atoms with E-state index in [1.807, 2.05) is 13.0 Å². The fourth-order valence-corrected chi connectivity index (χ4v) is 3.54. The van der Waals surface area contributed by atoms with Crippen molar-refractivity contribution < 1.29 is 9.59 Å². The summed E-state index contributed by atoms with van der Waals surface area (Å²) in [6.07, 6.45) is 1.74. The number of carbonyl (C=O) groups is 2. The van der Waals surface area contributed by atoms with E-state index < -0.39 is 0 Å². The highest BCUT2D eigenvalue weighted by Gasteiger charge is 2.16. The Morgan fingerprint density at radius 1 is 0.903 bits per heavy atom. The van der Waals surface area contributed by atoms with Gasteiger partial charge < -0.3 is 10.6 Å².